The van der Waals surface area contributed by atoms with Crippen LogP contribution in [-0.2, 0) is 24.6 Å². The Hall–Kier alpha value is -1.60. The molecule has 1 N–H and O–H groups in total. The zero-order valence-electron chi connectivity index (χ0n) is 10.2. The van der Waals surface area contributed by atoms with Crippen molar-refractivity contribution >= 4 is 21.7 Å². The number of nitrogens with zero attached hydrogens (tertiary/aromatic N) is 3. The largest absolute Gasteiger partial charge is 0.373 e. The van der Waals surface area contributed by atoms with E-state index in [4.69, 9.17) is 4.74 Å². The molecule has 2 aromatic rings. The summed E-state index contributed by atoms with van der Waals surface area (Å²) in [6, 6.07) is 5.20. The maximum atomic E-state index is 11.6. The van der Waals surface area contributed by atoms with Gasteiger partial charge in [-0.1, -0.05) is 0 Å². The number of rotatable bonds is 3. The van der Waals surface area contributed by atoms with Crippen LogP contribution in [-0.4, -0.2) is 21.0 Å². The van der Waals surface area contributed by atoms with E-state index in [-0.39, 0.29) is 5.56 Å². The molecular formula is C12H13BrN4O2. The van der Waals surface area contributed by atoms with Gasteiger partial charge in [0.25, 0.3) is 5.56 Å². The molecule has 0 bridgehead atoms. The Morgan fingerprint density at radius 1 is 1.47 bits per heavy atom. The van der Waals surface area contributed by atoms with Gasteiger partial charge in [-0.3, -0.25) is 14.0 Å². The molecule has 0 saturated heterocycles. The fourth-order valence-corrected chi connectivity index (χ4v) is 2.35. The molecule has 6 nitrogen and oxygen atoms in total. The van der Waals surface area contributed by atoms with Crippen molar-refractivity contribution in [1.82, 2.24) is 14.3 Å². The van der Waals surface area contributed by atoms with Gasteiger partial charge < -0.3 is 10.1 Å². The molecule has 0 spiro atoms. The number of halogens is 1. The standard InChI is InChI=1S/C12H13BrN4O2/c13-9-1-2-12(18)16(6-9)8-14-11-5-10-7-19-4-3-17(10)15-11/h1-2,5-6H,3-4,7-8H2,(H,14,15). The lowest BCUT2D eigenvalue weighted by atomic mass is 10.4. The van der Waals surface area contributed by atoms with Gasteiger partial charge in [-0.05, 0) is 22.0 Å². The Bertz CT molecular complexity index is 626. The van der Waals surface area contributed by atoms with E-state index in [2.05, 4.69) is 26.3 Å². The first-order chi connectivity index (χ1) is 9.22. The third-order valence-electron chi connectivity index (χ3n) is 2.94. The average Bonchev–Trinajstić information content (AvgIpc) is 2.82. The quantitative estimate of drug-likeness (QED) is 0.927. The predicted molar refractivity (Wildman–Crippen MR) is 73.9 cm³/mol. The molecule has 0 unspecified atom stereocenters. The predicted octanol–water partition coefficient (Wildman–Crippen LogP) is 1.41. The number of pyridine rings is 1. The van der Waals surface area contributed by atoms with Crippen LogP contribution in [0.5, 0.6) is 0 Å². The van der Waals surface area contributed by atoms with Crippen molar-refractivity contribution < 1.29 is 4.74 Å². The first-order valence-electron chi connectivity index (χ1n) is 5.97. The molecule has 3 heterocycles. The Kier molecular flexibility index (Phi) is 3.39. The summed E-state index contributed by atoms with van der Waals surface area (Å²) in [5.41, 5.74) is 0.998. The van der Waals surface area contributed by atoms with E-state index in [1.807, 2.05) is 10.7 Å². The maximum Gasteiger partial charge on any atom is 0.252 e. The molecule has 0 atom stereocenters. The van der Waals surface area contributed by atoms with E-state index in [0.29, 0.717) is 19.9 Å². The van der Waals surface area contributed by atoms with Crippen LogP contribution in [0, 0.1) is 0 Å². The average molecular weight is 325 g/mol. The number of aromatic nitrogens is 3. The summed E-state index contributed by atoms with van der Waals surface area (Å²) < 4.78 is 9.73. The lowest BCUT2D eigenvalue weighted by molar-refractivity contribution is 0.0801. The van der Waals surface area contributed by atoms with Gasteiger partial charge in [-0.2, -0.15) is 5.10 Å². The minimum absolute atomic E-state index is 0.0528. The number of fused-ring (bicyclic) bond motifs is 1. The summed E-state index contributed by atoms with van der Waals surface area (Å²) in [5.74, 6) is 0.757. The SMILES string of the molecule is O=c1ccc(Br)cn1CNc1cc2n(n1)CCOC2. The molecular weight excluding hydrogens is 312 g/mol. The lowest BCUT2D eigenvalue weighted by Crippen LogP contribution is -2.22. The second-order valence-electron chi connectivity index (χ2n) is 4.29. The second-order valence-corrected chi connectivity index (χ2v) is 5.20. The van der Waals surface area contributed by atoms with Gasteiger partial charge in [0.15, 0.2) is 0 Å². The minimum Gasteiger partial charge on any atom is -0.373 e. The maximum absolute atomic E-state index is 11.6. The van der Waals surface area contributed by atoms with Crippen molar-refractivity contribution in [3.8, 4) is 0 Å². The molecule has 0 aromatic carbocycles. The molecule has 19 heavy (non-hydrogen) atoms. The molecule has 1 aliphatic heterocycles. The monoisotopic (exact) mass is 324 g/mol. The van der Waals surface area contributed by atoms with E-state index in [1.54, 1.807) is 16.8 Å². The van der Waals surface area contributed by atoms with E-state index in [9.17, 15) is 4.79 Å². The fourth-order valence-electron chi connectivity index (χ4n) is 1.97. The van der Waals surface area contributed by atoms with Crippen LogP contribution >= 0.6 is 15.9 Å². The van der Waals surface area contributed by atoms with E-state index >= 15 is 0 Å². The summed E-state index contributed by atoms with van der Waals surface area (Å²) in [6.45, 7) is 2.44. The molecule has 100 valence electrons. The summed E-state index contributed by atoms with van der Waals surface area (Å²) in [5, 5.41) is 7.56. The highest BCUT2D eigenvalue weighted by Gasteiger charge is 2.12. The van der Waals surface area contributed by atoms with Gasteiger partial charge in [-0.15, -0.1) is 0 Å². The van der Waals surface area contributed by atoms with Crippen LogP contribution in [0.25, 0.3) is 0 Å². The highest BCUT2D eigenvalue weighted by atomic mass is 79.9. The number of hydrogen-bond acceptors (Lipinski definition) is 4. The van der Waals surface area contributed by atoms with E-state index in [0.717, 1.165) is 22.5 Å². The van der Waals surface area contributed by atoms with Crippen molar-refractivity contribution in [3.63, 3.8) is 0 Å². The van der Waals surface area contributed by atoms with Crippen LogP contribution in [0.15, 0.2) is 33.7 Å². The zero-order valence-corrected chi connectivity index (χ0v) is 11.8. The second kappa shape index (κ2) is 5.18. The number of nitrogens with one attached hydrogen (secondary N) is 1. The minimum atomic E-state index is -0.0528. The van der Waals surface area contributed by atoms with Crippen LogP contribution in [0.4, 0.5) is 5.82 Å². The summed E-state index contributed by atoms with van der Waals surface area (Å²) >= 11 is 3.35. The zero-order chi connectivity index (χ0) is 13.2. The Morgan fingerprint density at radius 3 is 3.21 bits per heavy atom. The van der Waals surface area contributed by atoms with Crippen LogP contribution < -0.4 is 10.9 Å². The van der Waals surface area contributed by atoms with Gasteiger partial charge in [0.05, 0.1) is 32.1 Å². The van der Waals surface area contributed by atoms with E-state index < -0.39 is 0 Å². The van der Waals surface area contributed by atoms with E-state index in [1.165, 1.54) is 6.07 Å². The molecule has 0 aliphatic carbocycles. The first-order valence-corrected chi connectivity index (χ1v) is 6.76. The molecule has 0 fully saturated rings. The summed E-state index contributed by atoms with van der Waals surface area (Å²) in [6.07, 6.45) is 1.74. The highest BCUT2D eigenvalue weighted by molar-refractivity contribution is 9.10. The molecule has 0 radical (unpaired) electrons. The van der Waals surface area contributed by atoms with Gasteiger partial charge >= 0.3 is 0 Å². The van der Waals surface area contributed by atoms with Crippen molar-refractivity contribution in [2.45, 2.75) is 19.8 Å². The highest BCUT2D eigenvalue weighted by Crippen LogP contribution is 2.14. The molecule has 1 aliphatic rings. The van der Waals surface area contributed by atoms with Crippen molar-refractivity contribution in [3.05, 3.63) is 44.9 Å². The Morgan fingerprint density at radius 2 is 2.37 bits per heavy atom. The van der Waals surface area contributed by atoms with Crippen molar-refractivity contribution in [2.24, 2.45) is 0 Å². The van der Waals surface area contributed by atoms with Gasteiger partial charge in [0, 0.05) is 22.8 Å². The molecule has 0 amide bonds. The summed E-state index contributed by atoms with van der Waals surface area (Å²) in [7, 11) is 0. The summed E-state index contributed by atoms with van der Waals surface area (Å²) in [4.78, 5) is 11.6. The van der Waals surface area contributed by atoms with Gasteiger partial charge in [0.2, 0.25) is 0 Å². The van der Waals surface area contributed by atoms with Crippen LogP contribution in [0.1, 0.15) is 5.69 Å². The molecule has 2 aromatic heterocycles. The third kappa shape index (κ3) is 2.71. The van der Waals surface area contributed by atoms with Gasteiger partial charge in [0.1, 0.15) is 5.82 Å². The number of ether oxygens (including phenoxy) is 1. The van der Waals surface area contributed by atoms with Gasteiger partial charge in [-0.25, -0.2) is 0 Å². The lowest BCUT2D eigenvalue weighted by Gasteiger charge is -2.12. The van der Waals surface area contributed by atoms with Crippen LogP contribution in [0.2, 0.25) is 0 Å². The number of hydrogen-bond donors (Lipinski definition) is 1. The van der Waals surface area contributed by atoms with Crippen molar-refractivity contribution in [2.75, 3.05) is 11.9 Å². The van der Waals surface area contributed by atoms with Crippen molar-refractivity contribution in [1.29, 1.82) is 0 Å². The third-order valence-corrected chi connectivity index (χ3v) is 3.41. The Labute approximate surface area is 118 Å². The normalized spacial score (nSPS) is 14.2. The number of anilines is 1. The first kappa shape index (κ1) is 12.4. The molecule has 0 saturated carbocycles. The fraction of sp³-hybridized carbons (Fsp3) is 0.333. The molecule has 3 rings (SSSR count). The van der Waals surface area contributed by atoms with Crippen LogP contribution in [0.3, 0.4) is 0 Å². The Balaban J connectivity index is 1.73. The molecule has 7 heteroatoms. The smallest absolute Gasteiger partial charge is 0.252 e. The topological polar surface area (TPSA) is 61.1 Å².